The highest BCUT2D eigenvalue weighted by Crippen LogP contribution is 2.39. The lowest BCUT2D eigenvalue weighted by molar-refractivity contribution is 0.584. The summed E-state index contributed by atoms with van der Waals surface area (Å²) in [5.74, 6) is 1.10. The summed E-state index contributed by atoms with van der Waals surface area (Å²) in [4.78, 5) is 12.0. The summed E-state index contributed by atoms with van der Waals surface area (Å²) in [6, 6.07) is 4.07. The van der Waals surface area contributed by atoms with Gasteiger partial charge in [-0.1, -0.05) is 30.1 Å². The summed E-state index contributed by atoms with van der Waals surface area (Å²) in [5, 5.41) is 4.34. The minimum absolute atomic E-state index is 0.252. The van der Waals surface area contributed by atoms with E-state index in [-0.39, 0.29) is 6.04 Å². The lowest BCUT2D eigenvalue weighted by Gasteiger charge is -2.24. The summed E-state index contributed by atoms with van der Waals surface area (Å²) in [6.07, 6.45) is 3.29. The molecule has 3 aromatic rings. The summed E-state index contributed by atoms with van der Waals surface area (Å²) in [5.41, 5.74) is 3.06. The van der Waals surface area contributed by atoms with Crippen LogP contribution < -0.4 is 4.90 Å². The normalized spacial score (nSPS) is 17.8. The van der Waals surface area contributed by atoms with Gasteiger partial charge in [0.2, 0.25) is 0 Å². The molecule has 0 bridgehead atoms. The van der Waals surface area contributed by atoms with Crippen molar-refractivity contribution < 1.29 is 0 Å². The second-order valence-corrected chi connectivity index (χ2v) is 8.15. The van der Waals surface area contributed by atoms with Gasteiger partial charge in [-0.2, -0.15) is 0 Å². The molecule has 1 saturated heterocycles. The van der Waals surface area contributed by atoms with Crippen molar-refractivity contribution in [2.24, 2.45) is 0 Å². The Morgan fingerprint density at radius 1 is 1.24 bits per heavy atom. The molecule has 1 unspecified atom stereocenters. The van der Waals surface area contributed by atoms with Crippen molar-refractivity contribution in [2.45, 2.75) is 45.7 Å². The van der Waals surface area contributed by atoms with Gasteiger partial charge in [-0.15, -0.1) is 11.3 Å². The van der Waals surface area contributed by atoms with E-state index < -0.39 is 0 Å². The maximum Gasteiger partial charge on any atom is 0.186 e. The van der Waals surface area contributed by atoms with Crippen molar-refractivity contribution in [1.29, 1.82) is 0 Å². The van der Waals surface area contributed by atoms with Crippen LogP contribution in [0.25, 0.3) is 11.0 Å². The molecule has 0 amide bonds. The van der Waals surface area contributed by atoms with Crippen LogP contribution in [-0.2, 0) is 6.54 Å². The van der Waals surface area contributed by atoms with Gasteiger partial charge in [0.05, 0.1) is 32.8 Å². The topological polar surface area (TPSA) is 34.0 Å². The molecule has 0 spiro atoms. The maximum absolute atomic E-state index is 6.26. The number of halogens is 2. The number of rotatable bonds is 4. The van der Waals surface area contributed by atoms with Gasteiger partial charge in [0.15, 0.2) is 5.13 Å². The third kappa shape index (κ3) is 3.03. The number of aryl methyl sites for hydroxylation is 2. The number of hydrogen-bond acceptors (Lipinski definition) is 4. The van der Waals surface area contributed by atoms with Crippen molar-refractivity contribution >= 4 is 50.7 Å². The van der Waals surface area contributed by atoms with Crippen LogP contribution in [0.3, 0.4) is 0 Å². The number of benzene rings is 1. The molecular weight excluding hydrogens is 375 g/mol. The molecule has 0 aliphatic carbocycles. The fraction of sp³-hybridized carbons (Fsp3) is 0.444. The van der Waals surface area contributed by atoms with Crippen molar-refractivity contribution in [2.75, 3.05) is 11.4 Å². The zero-order valence-electron chi connectivity index (χ0n) is 14.3. The Morgan fingerprint density at radius 2 is 2.04 bits per heavy atom. The second kappa shape index (κ2) is 6.78. The third-order valence-corrected chi connectivity index (χ3v) is 6.39. The molecule has 1 fully saturated rings. The average molecular weight is 395 g/mol. The number of anilines is 1. The summed E-state index contributed by atoms with van der Waals surface area (Å²) in [6.45, 7) is 6.17. The van der Waals surface area contributed by atoms with Gasteiger partial charge in [0, 0.05) is 18.5 Å². The monoisotopic (exact) mass is 394 g/mol. The largest absolute Gasteiger partial charge is 0.338 e. The van der Waals surface area contributed by atoms with Crippen LogP contribution in [0, 0.1) is 6.92 Å². The van der Waals surface area contributed by atoms with Crippen LogP contribution in [-0.4, -0.2) is 21.1 Å². The quantitative estimate of drug-likeness (QED) is 0.555. The van der Waals surface area contributed by atoms with Gasteiger partial charge < -0.3 is 9.47 Å². The highest BCUT2D eigenvalue weighted by Gasteiger charge is 2.32. The zero-order valence-corrected chi connectivity index (χ0v) is 16.6. The van der Waals surface area contributed by atoms with Crippen LogP contribution in [0.2, 0.25) is 10.0 Å². The number of thiazole rings is 1. The van der Waals surface area contributed by atoms with Gasteiger partial charge in [-0.3, -0.25) is 0 Å². The van der Waals surface area contributed by atoms with Gasteiger partial charge >= 0.3 is 0 Å². The van der Waals surface area contributed by atoms with Crippen LogP contribution in [0.15, 0.2) is 17.5 Å². The number of hydrogen-bond donors (Lipinski definition) is 0. The first kappa shape index (κ1) is 17.1. The van der Waals surface area contributed by atoms with Crippen molar-refractivity contribution in [3.05, 3.63) is 39.1 Å². The Balaban J connectivity index is 1.83. The molecule has 1 aliphatic heterocycles. The van der Waals surface area contributed by atoms with E-state index in [1.54, 1.807) is 11.3 Å². The highest BCUT2D eigenvalue weighted by atomic mass is 35.5. The Morgan fingerprint density at radius 3 is 2.76 bits per heavy atom. The number of nitrogens with zero attached hydrogens (tertiary/aromatic N) is 4. The highest BCUT2D eigenvalue weighted by molar-refractivity contribution is 7.13. The lowest BCUT2D eigenvalue weighted by Crippen LogP contribution is -2.25. The van der Waals surface area contributed by atoms with Crippen LogP contribution in [0.5, 0.6) is 0 Å². The van der Waals surface area contributed by atoms with Gasteiger partial charge in [-0.25, -0.2) is 9.97 Å². The first-order valence-corrected chi connectivity index (χ1v) is 10.3. The van der Waals surface area contributed by atoms with Gasteiger partial charge in [0.1, 0.15) is 5.82 Å². The zero-order chi connectivity index (χ0) is 17.6. The number of imidazole rings is 1. The first-order valence-electron chi connectivity index (χ1n) is 8.62. The molecule has 3 heterocycles. The van der Waals surface area contributed by atoms with Crippen LogP contribution in [0.4, 0.5) is 5.13 Å². The predicted octanol–water partition coefficient (Wildman–Crippen LogP) is 5.86. The molecule has 7 heteroatoms. The Kier molecular flexibility index (Phi) is 4.65. The first-order chi connectivity index (χ1) is 12.1. The van der Waals surface area contributed by atoms with Crippen LogP contribution >= 0.6 is 34.5 Å². The molecule has 4 rings (SSSR count). The average Bonchev–Trinajstić information content (AvgIpc) is 3.28. The second-order valence-electron chi connectivity index (χ2n) is 6.50. The Hall–Kier alpha value is -1.30. The molecule has 1 aliphatic rings. The standard InChI is InChI=1S/C18H20Cl2N4S/c1-3-6-23-16-9-13(20)12(19)8-14(16)22-17(23)15-5-4-7-24(15)18-21-11(2)10-25-18/h8-10,15H,3-7H2,1-2H3. The van der Waals surface area contributed by atoms with Crippen molar-refractivity contribution in [3.63, 3.8) is 0 Å². The predicted molar refractivity (Wildman–Crippen MR) is 106 cm³/mol. The maximum atomic E-state index is 6.26. The van der Waals surface area contributed by atoms with Gasteiger partial charge in [-0.05, 0) is 38.3 Å². The SMILES string of the molecule is CCCn1c(C2CCCN2c2nc(C)cs2)nc2cc(Cl)c(Cl)cc21. The molecule has 2 aromatic heterocycles. The lowest BCUT2D eigenvalue weighted by atomic mass is 10.2. The Bertz CT molecular complexity index is 917. The molecule has 1 atom stereocenters. The molecule has 0 N–H and O–H groups in total. The van der Waals surface area contributed by atoms with E-state index in [1.165, 1.54) is 0 Å². The molecule has 25 heavy (non-hydrogen) atoms. The molecular formula is C18H20Cl2N4S. The van der Waals surface area contributed by atoms with Crippen molar-refractivity contribution in [1.82, 2.24) is 14.5 Å². The molecule has 0 saturated carbocycles. The number of aromatic nitrogens is 3. The smallest absolute Gasteiger partial charge is 0.186 e. The molecule has 1 aromatic carbocycles. The van der Waals surface area contributed by atoms with E-state index in [0.717, 1.165) is 60.0 Å². The fourth-order valence-electron chi connectivity index (χ4n) is 3.59. The summed E-state index contributed by atoms with van der Waals surface area (Å²) < 4.78 is 2.31. The van der Waals surface area contributed by atoms with E-state index in [0.29, 0.717) is 10.0 Å². The van der Waals surface area contributed by atoms with E-state index in [9.17, 15) is 0 Å². The van der Waals surface area contributed by atoms with E-state index >= 15 is 0 Å². The minimum atomic E-state index is 0.252. The molecule has 0 radical (unpaired) electrons. The number of fused-ring (bicyclic) bond motifs is 1. The fourth-order valence-corrected chi connectivity index (χ4v) is 4.78. The summed E-state index contributed by atoms with van der Waals surface area (Å²) >= 11 is 14.2. The van der Waals surface area contributed by atoms with E-state index in [4.69, 9.17) is 33.2 Å². The Labute approximate surface area is 161 Å². The minimum Gasteiger partial charge on any atom is -0.338 e. The van der Waals surface area contributed by atoms with E-state index in [1.807, 2.05) is 19.1 Å². The third-order valence-electron chi connectivity index (χ3n) is 4.67. The van der Waals surface area contributed by atoms with E-state index in [2.05, 4.69) is 21.8 Å². The summed E-state index contributed by atoms with van der Waals surface area (Å²) in [7, 11) is 0. The van der Waals surface area contributed by atoms with Crippen molar-refractivity contribution in [3.8, 4) is 0 Å². The molecule has 132 valence electrons. The van der Waals surface area contributed by atoms with Crippen LogP contribution in [0.1, 0.15) is 43.7 Å². The molecule has 4 nitrogen and oxygen atoms in total. The van der Waals surface area contributed by atoms with Gasteiger partial charge in [0.25, 0.3) is 0 Å².